The fraction of sp³-hybridized carbons (Fsp3) is 0.226. The van der Waals surface area contributed by atoms with E-state index in [2.05, 4.69) is 54.6 Å². The van der Waals surface area contributed by atoms with Crippen molar-refractivity contribution in [1.82, 2.24) is 0 Å². The average molecular weight is 427 g/mol. The summed E-state index contributed by atoms with van der Waals surface area (Å²) in [5, 5.41) is 0. The van der Waals surface area contributed by atoms with Gasteiger partial charge in [-0.3, -0.25) is 9.59 Å². The van der Waals surface area contributed by atoms with Gasteiger partial charge in [-0.05, 0) is 75.8 Å². The molecule has 158 valence electrons. The zero-order valence-corrected chi connectivity index (χ0v) is 18.2. The van der Waals surface area contributed by atoms with Crippen molar-refractivity contribution in [2.45, 2.75) is 43.4 Å². The van der Waals surface area contributed by atoms with Crippen LogP contribution in [0.3, 0.4) is 0 Å². The standard InChI is InChI=1S/C31H22O2/c32-30-27-22-10-3-1-6-16(22)12-20-14-18-8-5-9-19-15-21-13-17-7-2-4-11-23(17)28(31(30)33)26(21)29(24(18)19)25(20)27/h1-11,27-29H,12-15H2. The third-order valence-corrected chi connectivity index (χ3v) is 8.75. The van der Waals surface area contributed by atoms with E-state index in [0.29, 0.717) is 0 Å². The Kier molecular flexibility index (Phi) is 3.31. The number of ketones is 2. The van der Waals surface area contributed by atoms with E-state index in [-0.39, 0.29) is 17.5 Å². The number of hydrogen-bond acceptors (Lipinski definition) is 2. The summed E-state index contributed by atoms with van der Waals surface area (Å²) >= 11 is 0. The molecule has 3 aromatic rings. The average Bonchev–Trinajstić information content (AvgIpc) is 2.94. The Bertz CT molecular complexity index is 1410. The van der Waals surface area contributed by atoms with Crippen molar-refractivity contribution >= 4 is 11.6 Å². The van der Waals surface area contributed by atoms with E-state index in [9.17, 15) is 9.59 Å². The van der Waals surface area contributed by atoms with E-state index >= 15 is 0 Å². The molecule has 0 radical (unpaired) electrons. The molecule has 0 saturated heterocycles. The van der Waals surface area contributed by atoms with Crippen molar-refractivity contribution in [2.75, 3.05) is 0 Å². The number of hydrogen-bond donors (Lipinski definition) is 0. The second kappa shape index (κ2) is 6.08. The second-order valence-electron chi connectivity index (χ2n) is 10.2. The van der Waals surface area contributed by atoms with Crippen LogP contribution in [0.4, 0.5) is 0 Å². The summed E-state index contributed by atoms with van der Waals surface area (Å²) in [6, 6.07) is 23.3. The van der Waals surface area contributed by atoms with Gasteiger partial charge in [-0.15, -0.1) is 0 Å². The molecule has 2 unspecified atom stereocenters. The molecular formula is C31H22O2. The van der Waals surface area contributed by atoms with Crippen molar-refractivity contribution in [1.29, 1.82) is 0 Å². The third kappa shape index (κ3) is 2.15. The number of allylic oxidation sites excluding steroid dienone is 4. The lowest BCUT2D eigenvalue weighted by molar-refractivity contribution is -0.137. The van der Waals surface area contributed by atoms with Crippen molar-refractivity contribution in [3.8, 4) is 0 Å². The molecule has 5 aliphatic rings. The fourth-order valence-electron chi connectivity index (χ4n) is 7.56. The zero-order valence-electron chi connectivity index (χ0n) is 18.2. The van der Waals surface area contributed by atoms with Gasteiger partial charge >= 0.3 is 0 Å². The Hall–Kier alpha value is -3.52. The molecule has 8 rings (SSSR count). The quantitative estimate of drug-likeness (QED) is 0.361. The van der Waals surface area contributed by atoms with E-state index < -0.39 is 11.8 Å². The molecule has 0 amide bonds. The van der Waals surface area contributed by atoms with Gasteiger partial charge in [0.05, 0.1) is 11.8 Å². The predicted molar refractivity (Wildman–Crippen MR) is 126 cm³/mol. The number of carbonyl (C=O) groups excluding carboxylic acids is 2. The van der Waals surface area contributed by atoms with Crippen molar-refractivity contribution in [2.24, 2.45) is 0 Å². The van der Waals surface area contributed by atoms with Gasteiger partial charge in [-0.1, -0.05) is 77.9 Å². The lowest BCUT2D eigenvalue weighted by Gasteiger charge is -2.44. The van der Waals surface area contributed by atoms with Gasteiger partial charge in [-0.25, -0.2) is 0 Å². The molecule has 0 heterocycles. The Morgan fingerprint density at radius 2 is 0.909 bits per heavy atom. The molecule has 1 fully saturated rings. The van der Waals surface area contributed by atoms with Crippen LogP contribution in [-0.2, 0) is 35.3 Å². The SMILES string of the molecule is O=C1C(=O)C2C3=C(Cc4ccccc42)Cc2cccc4c2C3C2=C(Cc3ccccc3C12)C4. The minimum absolute atomic E-state index is 0.0656. The summed E-state index contributed by atoms with van der Waals surface area (Å²) in [5.74, 6) is -1.23. The van der Waals surface area contributed by atoms with E-state index in [1.807, 2.05) is 12.1 Å². The lowest BCUT2D eigenvalue weighted by atomic mass is 9.59. The molecule has 1 saturated carbocycles. The van der Waals surface area contributed by atoms with Gasteiger partial charge in [-0.2, -0.15) is 0 Å². The zero-order chi connectivity index (χ0) is 21.8. The summed E-state index contributed by atoms with van der Waals surface area (Å²) in [7, 11) is 0. The molecule has 2 nitrogen and oxygen atoms in total. The highest BCUT2D eigenvalue weighted by molar-refractivity contribution is 6.43. The maximum absolute atomic E-state index is 14.1. The molecule has 0 spiro atoms. The Morgan fingerprint density at radius 1 is 0.485 bits per heavy atom. The molecular weight excluding hydrogens is 404 g/mol. The minimum Gasteiger partial charge on any atom is -0.290 e. The van der Waals surface area contributed by atoms with Crippen LogP contribution < -0.4 is 0 Å². The van der Waals surface area contributed by atoms with Gasteiger partial charge in [0.2, 0.25) is 11.6 Å². The van der Waals surface area contributed by atoms with Gasteiger partial charge in [0, 0.05) is 5.92 Å². The van der Waals surface area contributed by atoms with Gasteiger partial charge in [0.15, 0.2) is 0 Å². The normalized spacial score (nSPS) is 25.9. The summed E-state index contributed by atoms with van der Waals surface area (Å²) < 4.78 is 0. The molecule has 2 atom stereocenters. The number of carbonyl (C=O) groups is 2. The first-order valence-electron chi connectivity index (χ1n) is 12.0. The molecule has 0 bridgehead atoms. The first-order chi connectivity index (χ1) is 16.2. The second-order valence-corrected chi connectivity index (χ2v) is 10.2. The summed E-state index contributed by atoms with van der Waals surface area (Å²) in [4.78, 5) is 28.1. The largest absolute Gasteiger partial charge is 0.290 e. The van der Waals surface area contributed by atoms with Crippen molar-refractivity contribution < 1.29 is 9.59 Å². The predicted octanol–water partition coefficient (Wildman–Crippen LogP) is 5.31. The van der Waals surface area contributed by atoms with Crippen LogP contribution >= 0.6 is 0 Å². The van der Waals surface area contributed by atoms with Crippen LogP contribution in [0.15, 0.2) is 89.0 Å². The molecule has 33 heavy (non-hydrogen) atoms. The topological polar surface area (TPSA) is 34.1 Å². The first-order valence-corrected chi connectivity index (χ1v) is 12.0. The lowest BCUT2D eigenvalue weighted by Crippen LogP contribution is -2.31. The van der Waals surface area contributed by atoms with Crippen LogP contribution in [0.5, 0.6) is 0 Å². The number of rotatable bonds is 0. The monoisotopic (exact) mass is 426 g/mol. The highest BCUT2D eigenvalue weighted by atomic mass is 16.2. The number of fused-ring (bicyclic) bond motifs is 4. The molecule has 3 aromatic carbocycles. The molecule has 0 N–H and O–H groups in total. The van der Waals surface area contributed by atoms with E-state index in [0.717, 1.165) is 36.8 Å². The van der Waals surface area contributed by atoms with Gasteiger partial charge in [0.25, 0.3) is 0 Å². The fourth-order valence-corrected chi connectivity index (χ4v) is 7.56. The van der Waals surface area contributed by atoms with Crippen molar-refractivity contribution in [3.63, 3.8) is 0 Å². The number of benzene rings is 3. The van der Waals surface area contributed by atoms with Gasteiger partial charge in [0.1, 0.15) is 0 Å². The highest BCUT2D eigenvalue weighted by Gasteiger charge is 2.53. The molecule has 0 aromatic heterocycles. The smallest absolute Gasteiger partial charge is 0.210 e. The van der Waals surface area contributed by atoms with Crippen LogP contribution in [0, 0.1) is 0 Å². The molecule has 0 aliphatic heterocycles. The Morgan fingerprint density at radius 3 is 1.42 bits per heavy atom. The van der Waals surface area contributed by atoms with Crippen LogP contribution in [0.25, 0.3) is 0 Å². The van der Waals surface area contributed by atoms with Gasteiger partial charge < -0.3 is 0 Å². The Labute approximate surface area is 192 Å². The van der Waals surface area contributed by atoms with Crippen LogP contribution in [0.2, 0.25) is 0 Å². The maximum Gasteiger partial charge on any atom is 0.210 e. The molecule has 2 heteroatoms. The summed E-state index contributed by atoms with van der Waals surface area (Å²) in [6.07, 6.45) is 3.55. The third-order valence-electron chi connectivity index (χ3n) is 8.75. The Balaban J connectivity index is 1.50. The summed E-state index contributed by atoms with van der Waals surface area (Å²) in [5.41, 5.74) is 13.9. The minimum atomic E-state index is -0.437. The van der Waals surface area contributed by atoms with E-state index in [1.165, 1.54) is 50.1 Å². The first kappa shape index (κ1) is 18.0. The summed E-state index contributed by atoms with van der Waals surface area (Å²) in [6.45, 7) is 0. The van der Waals surface area contributed by atoms with Crippen LogP contribution in [-0.4, -0.2) is 11.6 Å². The highest BCUT2D eigenvalue weighted by Crippen LogP contribution is 2.60. The number of Topliss-reactive ketones (excluding diaryl/α,β-unsaturated/α-hetero) is 2. The van der Waals surface area contributed by atoms with E-state index in [4.69, 9.17) is 0 Å². The maximum atomic E-state index is 14.1. The molecule has 5 aliphatic carbocycles. The van der Waals surface area contributed by atoms with E-state index in [1.54, 1.807) is 0 Å². The van der Waals surface area contributed by atoms with Crippen LogP contribution in [0.1, 0.15) is 56.7 Å². The van der Waals surface area contributed by atoms with Crippen molar-refractivity contribution in [3.05, 3.63) is 128 Å².